The van der Waals surface area contributed by atoms with Crippen LogP contribution in [-0.2, 0) is 22.4 Å². The minimum absolute atomic E-state index is 0.0104. The van der Waals surface area contributed by atoms with Crippen molar-refractivity contribution in [1.82, 2.24) is 25.1 Å². The van der Waals surface area contributed by atoms with Gasteiger partial charge in [-0.25, -0.2) is 9.97 Å². The normalized spacial score (nSPS) is 22.1. The van der Waals surface area contributed by atoms with Gasteiger partial charge in [-0.3, -0.25) is 9.89 Å². The molecule has 0 unspecified atom stereocenters. The number of nitrogens with one attached hydrogen (secondary N) is 2. The van der Waals surface area contributed by atoms with Gasteiger partial charge < -0.3 is 19.9 Å². The predicted octanol–water partition coefficient (Wildman–Crippen LogP) is 4.12. The van der Waals surface area contributed by atoms with Crippen molar-refractivity contribution in [1.29, 1.82) is 0 Å². The van der Waals surface area contributed by atoms with Crippen molar-refractivity contribution < 1.29 is 9.53 Å². The smallest absolute Gasteiger partial charge is 0.226 e. The molecule has 1 amide bonds. The highest BCUT2D eigenvalue weighted by Crippen LogP contribution is 2.42. The number of aromatic amines is 1. The molecule has 0 saturated carbocycles. The maximum atomic E-state index is 13.4. The van der Waals surface area contributed by atoms with E-state index in [0.717, 1.165) is 57.6 Å². The number of ether oxygens (including phenoxy) is 1. The first-order valence-corrected chi connectivity index (χ1v) is 13.3. The molecule has 4 aromatic rings. The lowest BCUT2D eigenvalue weighted by Gasteiger charge is -2.37. The molecule has 1 fully saturated rings. The molecule has 9 nitrogen and oxygen atoms in total. The number of amides is 1. The van der Waals surface area contributed by atoms with Crippen molar-refractivity contribution in [3.63, 3.8) is 0 Å². The monoisotopic (exact) mass is 505 g/mol. The second-order valence-electron chi connectivity index (χ2n) is 10.2. The lowest BCUT2D eigenvalue weighted by molar-refractivity contribution is -0.147. The number of thiophene rings is 1. The SMILES string of the molecule is C[C@@H]1CN(C(=O)[C@H]2CCc3c(sc4ncnc(Nc5cc6cn[nH]c6cc5N(C)C)c34)C2)C[C@H](C)O1. The van der Waals surface area contributed by atoms with Crippen LogP contribution in [0, 0.1) is 5.92 Å². The maximum absolute atomic E-state index is 13.4. The van der Waals surface area contributed by atoms with Crippen molar-refractivity contribution in [2.24, 2.45) is 5.92 Å². The first-order valence-electron chi connectivity index (χ1n) is 12.5. The number of fused-ring (bicyclic) bond motifs is 4. The highest BCUT2D eigenvalue weighted by molar-refractivity contribution is 7.19. The third-order valence-corrected chi connectivity index (χ3v) is 8.38. The number of aryl methyl sites for hydroxylation is 1. The van der Waals surface area contributed by atoms with E-state index >= 15 is 0 Å². The van der Waals surface area contributed by atoms with Crippen LogP contribution in [0.15, 0.2) is 24.7 Å². The number of H-pyrrole nitrogens is 1. The number of carbonyl (C=O) groups excluding carboxylic acids is 1. The highest BCUT2D eigenvalue weighted by atomic mass is 32.1. The maximum Gasteiger partial charge on any atom is 0.226 e. The van der Waals surface area contributed by atoms with Gasteiger partial charge >= 0.3 is 0 Å². The van der Waals surface area contributed by atoms with Gasteiger partial charge in [-0.1, -0.05) is 0 Å². The van der Waals surface area contributed by atoms with Crippen LogP contribution in [0.1, 0.15) is 30.7 Å². The Morgan fingerprint density at radius 3 is 2.81 bits per heavy atom. The number of nitrogens with zero attached hydrogens (tertiary/aromatic N) is 5. The van der Waals surface area contributed by atoms with E-state index in [9.17, 15) is 4.79 Å². The minimum atomic E-state index is 0.0104. The van der Waals surface area contributed by atoms with E-state index < -0.39 is 0 Å². The Morgan fingerprint density at radius 2 is 2.03 bits per heavy atom. The van der Waals surface area contributed by atoms with E-state index in [-0.39, 0.29) is 24.0 Å². The van der Waals surface area contributed by atoms with Gasteiger partial charge in [-0.15, -0.1) is 11.3 Å². The Balaban J connectivity index is 1.31. The third kappa shape index (κ3) is 4.08. The van der Waals surface area contributed by atoms with Gasteiger partial charge in [0.1, 0.15) is 17.0 Å². The van der Waals surface area contributed by atoms with E-state index in [4.69, 9.17) is 4.74 Å². The molecule has 2 aliphatic rings. The van der Waals surface area contributed by atoms with Crippen molar-refractivity contribution >= 4 is 55.6 Å². The van der Waals surface area contributed by atoms with E-state index in [1.165, 1.54) is 10.4 Å². The molecule has 36 heavy (non-hydrogen) atoms. The molecule has 1 aliphatic carbocycles. The van der Waals surface area contributed by atoms with Gasteiger partial charge in [0, 0.05) is 43.4 Å². The fourth-order valence-electron chi connectivity index (χ4n) is 5.61. The fraction of sp³-hybridized carbons (Fsp3) is 0.462. The average molecular weight is 506 g/mol. The molecule has 1 aliphatic heterocycles. The zero-order valence-corrected chi connectivity index (χ0v) is 21.9. The van der Waals surface area contributed by atoms with Gasteiger partial charge in [-0.2, -0.15) is 5.10 Å². The number of anilines is 3. The van der Waals surface area contributed by atoms with Gasteiger partial charge in [0.2, 0.25) is 5.91 Å². The number of morpholine rings is 1. The standard InChI is InChI=1S/C26H31N7O2S/c1-14-11-33(12-15(2)35-14)26(34)16-5-6-18-22(8-16)36-25-23(18)24(27-13-28-25)30-20-7-17-10-29-31-19(17)9-21(20)32(3)4/h7,9-10,13-16H,5-6,8,11-12H2,1-4H3,(H,29,31)(H,27,28,30)/t14-,15+,16-/m0/s1. The number of hydrogen-bond acceptors (Lipinski definition) is 8. The Kier molecular flexibility index (Phi) is 5.80. The molecule has 1 saturated heterocycles. The summed E-state index contributed by atoms with van der Waals surface area (Å²) >= 11 is 1.70. The van der Waals surface area contributed by atoms with Crippen molar-refractivity contribution in [2.75, 3.05) is 37.4 Å². The summed E-state index contributed by atoms with van der Waals surface area (Å²) in [5, 5.41) is 12.9. The van der Waals surface area contributed by atoms with E-state index in [1.54, 1.807) is 17.7 Å². The molecule has 10 heteroatoms. The third-order valence-electron chi connectivity index (χ3n) is 7.22. The molecule has 6 rings (SSSR count). The largest absolute Gasteiger partial charge is 0.376 e. The number of rotatable bonds is 4. The molecule has 0 bridgehead atoms. The number of aromatic nitrogens is 4. The van der Waals surface area contributed by atoms with Gasteiger partial charge in [0.25, 0.3) is 0 Å². The fourth-order valence-corrected chi connectivity index (χ4v) is 6.88. The van der Waals surface area contributed by atoms with Gasteiger partial charge in [0.15, 0.2) is 0 Å². The minimum Gasteiger partial charge on any atom is -0.376 e. The Bertz CT molecular complexity index is 1440. The van der Waals surface area contributed by atoms with E-state index in [2.05, 4.69) is 42.5 Å². The first-order chi connectivity index (χ1) is 17.4. The van der Waals surface area contributed by atoms with Crippen LogP contribution >= 0.6 is 11.3 Å². The summed E-state index contributed by atoms with van der Waals surface area (Å²) in [6.07, 6.45) is 6.07. The summed E-state index contributed by atoms with van der Waals surface area (Å²) in [6, 6.07) is 4.19. The lowest BCUT2D eigenvalue weighted by atomic mass is 9.86. The number of benzene rings is 1. The molecule has 3 atom stereocenters. The van der Waals surface area contributed by atoms with Crippen LogP contribution < -0.4 is 10.2 Å². The number of carbonyl (C=O) groups is 1. The topological polar surface area (TPSA) is 99.3 Å². The predicted molar refractivity (Wildman–Crippen MR) is 143 cm³/mol. The van der Waals surface area contributed by atoms with Crippen molar-refractivity contribution in [3.8, 4) is 0 Å². The van der Waals surface area contributed by atoms with Crippen LogP contribution in [0.5, 0.6) is 0 Å². The molecular weight excluding hydrogens is 474 g/mol. The summed E-state index contributed by atoms with van der Waals surface area (Å²) in [4.78, 5) is 28.9. The highest BCUT2D eigenvalue weighted by Gasteiger charge is 2.34. The molecule has 0 spiro atoms. The van der Waals surface area contributed by atoms with E-state index in [1.807, 2.05) is 39.0 Å². The summed E-state index contributed by atoms with van der Waals surface area (Å²) in [5.41, 5.74) is 4.28. The molecular formula is C26H31N7O2S. The van der Waals surface area contributed by atoms with Gasteiger partial charge in [-0.05, 0) is 50.8 Å². The summed E-state index contributed by atoms with van der Waals surface area (Å²) < 4.78 is 5.83. The van der Waals surface area contributed by atoms with Crippen LogP contribution in [-0.4, -0.2) is 70.4 Å². The zero-order chi connectivity index (χ0) is 25.0. The first kappa shape index (κ1) is 23.2. The average Bonchev–Trinajstić information content (AvgIpc) is 3.46. The Labute approximate surface area is 213 Å². The van der Waals surface area contributed by atoms with Crippen LogP contribution in [0.25, 0.3) is 21.1 Å². The zero-order valence-electron chi connectivity index (χ0n) is 21.0. The molecule has 2 N–H and O–H groups in total. The van der Waals surface area contributed by atoms with Crippen molar-refractivity contribution in [3.05, 3.63) is 35.1 Å². The molecule has 3 aromatic heterocycles. The molecule has 4 heterocycles. The summed E-state index contributed by atoms with van der Waals surface area (Å²) in [5.74, 6) is 1.08. The second-order valence-corrected chi connectivity index (χ2v) is 11.3. The Hall–Kier alpha value is -3.24. The van der Waals surface area contributed by atoms with Crippen LogP contribution in [0.4, 0.5) is 17.2 Å². The number of hydrogen-bond donors (Lipinski definition) is 2. The summed E-state index contributed by atoms with van der Waals surface area (Å²) in [6.45, 7) is 5.43. The van der Waals surface area contributed by atoms with Crippen molar-refractivity contribution in [2.45, 2.75) is 45.3 Å². The van der Waals surface area contributed by atoms with Crippen LogP contribution in [0.2, 0.25) is 0 Å². The summed E-state index contributed by atoms with van der Waals surface area (Å²) in [7, 11) is 4.05. The molecule has 1 aromatic carbocycles. The quantitative estimate of drug-likeness (QED) is 0.430. The molecule has 188 valence electrons. The Morgan fingerprint density at radius 1 is 1.22 bits per heavy atom. The van der Waals surface area contributed by atoms with Crippen LogP contribution in [0.3, 0.4) is 0 Å². The molecule has 0 radical (unpaired) electrons. The second kappa shape index (κ2) is 9.01. The van der Waals surface area contributed by atoms with E-state index in [0.29, 0.717) is 13.1 Å². The van der Waals surface area contributed by atoms with Gasteiger partial charge in [0.05, 0.1) is 40.7 Å². The lowest BCUT2D eigenvalue weighted by Crippen LogP contribution is -2.50.